The quantitative estimate of drug-likeness (QED) is 0.340. The van der Waals surface area contributed by atoms with Gasteiger partial charge in [-0.25, -0.2) is 9.97 Å². The fourth-order valence-corrected chi connectivity index (χ4v) is 2.36. The third-order valence-electron chi connectivity index (χ3n) is 3.52. The highest BCUT2D eigenvalue weighted by atomic mass is 16.1. The highest BCUT2D eigenvalue weighted by molar-refractivity contribution is 5.81. The second-order valence-electron chi connectivity index (χ2n) is 5.54. The van der Waals surface area contributed by atoms with E-state index in [0.717, 1.165) is 12.0 Å². The predicted molar refractivity (Wildman–Crippen MR) is 103 cm³/mol. The van der Waals surface area contributed by atoms with Gasteiger partial charge in [0.05, 0.1) is 11.9 Å². The number of allylic oxidation sites excluding steroid dienone is 6. The Morgan fingerprint density at radius 3 is 2.85 bits per heavy atom. The van der Waals surface area contributed by atoms with E-state index in [4.69, 9.17) is 17.9 Å². The van der Waals surface area contributed by atoms with Gasteiger partial charge in [-0.2, -0.15) is 9.97 Å². The number of nitrogens with two attached hydrogens (primary N) is 2. The molecular formula is C19H20N6O. The molecule has 1 unspecified atom stereocenters. The number of aldehydes is 1. The minimum absolute atomic E-state index is 0.0393. The second kappa shape index (κ2) is 9.08. The van der Waals surface area contributed by atoms with Gasteiger partial charge in [0.25, 0.3) is 0 Å². The van der Waals surface area contributed by atoms with Crippen molar-refractivity contribution in [2.45, 2.75) is 19.8 Å². The number of hydrogen-bond donors (Lipinski definition) is 2. The lowest BCUT2D eigenvalue weighted by molar-refractivity contribution is -0.104. The smallest absolute Gasteiger partial charge is 0.224 e. The molecule has 2 aromatic heterocycles. The van der Waals surface area contributed by atoms with Gasteiger partial charge >= 0.3 is 0 Å². The number of aromatic nitrogens is 4. The van der Waals surface area contributed by atoms with E-state index in [1.54, 1.807) is 24.4 Å². The highest BCUT2D eigenvalue weighted by Crippen LogP contribution is 2.17. The number of anilines is 2. The molecule has 0 radical (unpaired) electrons. The molecule has 0 fully saturated rings. The molecule has 2 rings (SSSR count). The first kappa shape index (κ1) is 18.8. The molecule has 2 heterocycles. The summed E-state index contributed by atoms with van der Waals surface area (Å²) in [4.78, 5) is 27.6. The van der Waals surface area contributed by atoms with Crippen LogP contribution in [-0.4, -0.2) is 26.2 Å². The molecule has 4 N–H and O–H groups in total. The van der Waals surface area contributed by atoms with Gasteiger partial charge in [0.15, 0.2) is 17.0 Å². The van der Waals surface area contributed by atoms with Crippen molar-refractivity contribution >= 4 is 29.2 Å². The summed E-state index contributed by atoms with van der Waals surface area (Å²) >= 11 is 0. The van der Waals surface area contributed by atoms with Crippen molar-refractivity contribution in [2.24, 2.45) is 5.92 Å². The van der Waals surface area contributed by atoms with Crippen molar-refractivity contribution in [1.82, 2.24) is 19.9 Å². The molecule has 0 saturated carbocycles. The number of rotatable bonds is 7. The fraction of sp³-hybridized carbons (Fsp3) is 0.211. The van der Waals surface area contributed by atoms with Gasteiger partial charge in [0.2, 0.25) is 5.95 Å². The first-order valence-corrected chi connectivity index (χ1v) is 8.01. The summed E-state index contributed by atoms with van der Waals surface area (Å²) in [6.07, 6.45) is 18.0. The Morgan fingerprint density at radius 1 is 1.35 bits per heavy atom. The van der Waals surface area contributed by atoms with Crippen LogP contribution in [0.25, 0.3) is 11.2 Å². The van der Waals surface area contributed by atoms with Crippen molar-refractivity contribution in [3.63, 3.8) is 0 Å². The lowest BCUT2D eigenvalue weighted by Crippen LogP contribution is -2.07. The molecule has 2 aromatic rings. The van der Waals surface area contributed by atoms with Crippen LogP contribution in [0, 0.1) is 18.3 Å². The summed E-state index contributed by atoms with van der Waals surface area (Å²) in [6.45, 7) is 1.85. The standard InChI is InChI=1S/C19H20N6O/c1-3-6-13(8-5-9-14(12-26)7-4-2)10-15-11-22-18-16(23-15)17(20)24-19(21)25-18/h1,4-5,7-9,11-13H,6,10H2,2H3,(H4,20,21,22,24,25)/b7-4-,8-5+,14-9+. The van der Waals surface area contributed by atoms with Crippen molar-refractivity contribution in [1.29, 1.82) is 0 Å². The fourth-order valence-electron chi connectivity index (χ4n) is 2.36. The summed E-state index contributed by atoms with van der Waals surface area (Å²) in [5.74, 6) is 2.94. The van der Waals surface area contributed by atoms with Crippen LogP contribution in [0.3, 0.4) is 0 Å². The molecule has 132 valence electrons. The minimum atomic E-state index is 0.0393. The summed E-state index contributed by atoms with van der Waals surface area (Å²) < 4.78 is 0. The molecule has 1 atom stereocenters. The van der Waals surface area contributed by atoms with Crippen LogP contribution in [0.1, 0.15) is 19.0 Å². The topological polar surface area (TPSA) is 121 Å². The Bertz CT molecular complexity index is 924. The lowest BCUT2D eigenvalue weighted by atomic mass is 9.99. The van der Waals surface area contributed by atoms with E-state index in [1.165, 1.54) is 0 Å². The Hall–Kier alpha value is -3.53. The van der Waals surface area contributed by atoms with Crippen molar-refractivity contribution in [3.05, 3.63) is 47.8 Å². The zero-order chi connectivity index (χ0) is 18.9. The van der Waals surface area contributed by atoms with Crippen LogP contribution < -0.4 is 11.5 Å². The van der Waals surface area contributed by atoms with Gasteiger partial charge in [-0.15, -0.1) is 12.3 Å². The Balaban J connectivity index is 2.23. The molecule has 0 aliphatic rings. The maximum Gasteiger partial charge on any atom is 0.224 e. The van der Waals surface area contributed by atoms with E-state index < -0.39 is 0 Å². The molecule has 0 aliphatic heterocycles. The predicted octanol–water partition coefficient (Wildman–Crippen LogP) is 2.02. The Morgan fingerprint density at radius 2 is 2.15 bits per heavy atom. The number of nitrogen functional groups attached to an aromatic ring is 2. The first-order chi connectivity index (χ1) is 12.6. The average molecular weight is 348 g/mol. The number of terminal acetylenes is 1. The van der Waals surface area contributed by atoms with Crippen molar-refractivity contribution < 1.29 is 4.79 Å². The number of fused-ring (bicyclic) bond motifs is 1. The molecule has 0 bridgehead atoms. The largest absolute Gasteiger partial charge is 0.382 e. The number of hydrogen-bond acceptors (Lipinski definition) is 7. The van der Waals surface area contributed by atoms with Crippen molar-refractivity contribution in [3.8, 4) is 12.3 Å². The van der Waals surface area contributed by atoms with Gasteiger partial charge in [0.1, 0.15) is 6.29 Å². The van der Waals surface area contributed by atoms with Crippen LogP contribution in [-0.2, 0) is 11.2 Å². The Kier molecular flexibility index (Phi) is 6.57. The molecule has 0 saturated heterocycles. The summed E-state index contributed by atoms with van der Waals surface area (Å²) in [5.41, 5.74) is 13.5. The van der Waals surface area contributed by atoms with Crippen molar-refractivity contribution in [2.75, 3.05) is 11.5 Å². The van der Waals surface area contributed by atoms with Gasteiger partial charge in [0, 0.05) is 12.0 Å². The van der Waals surface area contributed by atoms with E-state index in [2.05, 4.69) is 25.9 Å². The van der Waals surface area contributed by atoms with E-state index in [0.29, 0.717) is 29.6 Å². The summed E-state index contributed by atoms with van der Waals surface area (Å²) in [7, 11) is 0. The third kappa shape index (κ3) is 4.98. The third-order valence-corrected chi connectivity index (χ3v) is 3.52. The van der Waals surface area contributed by atoms with Gasteiger partial charge < -0.3 is 11.5 Å². The highest BCUT2D eigenvalue weighted by Gasteiger charge is 2.11. The molecule has 7 heteroatoms. The van der Waals surface area contributed by atoms with Crippen LogP contribution >= 0.6 is 0 Å². The first-order valence-electron chi connectivity index (χ1n) is 8.01. The van der Waals surface area contributed by atoms with Gasteiger partial charge in [-0.1, -0.05) is 30.4 Å². The SMILES string of the molecule is C#CCC(/C=C/C=C(C=O)\C=C/C)Cc1cnc2nc(N)nc(N)c2n1. The van der Waals surface area contributed by atoms with Crippen LogP contribution in [0.2, 0.25) is 0 Å². The summed E-state index contributed by atoms with van der Waals surface area (Å²) in [6, 6.07) is 0. The second-order valence-corrected chi connectivity index (χ2v) is 5.54. The van der Waals surface area contributed by atoms with Crippen LogP contribution in [0.5, 0.6) is 0 Å². The average Bonchev–Trinajstić information content (AvgIpc) is 2.61. The zero-order valence-corrected chi connectivity index (χ0v) is 14.5. The molecule has 0 aliphatic carbocycles. The molecule has 0 spiro atoms. The summed E-state index contributed by atoms with van der Waals surface area (Å²) in [5, 5.41) is 0. The molecular weight excluding hydrogens is 328 g/mol. The molecule has 0 aromatic carbocycles. The van der Waals surface area contributed by atoms with E-state index in [1.807, 2.05) is 19.1 Å². The van der Waals surface area contributed by atoms with E-state index >= 15 is 0 Å². The zero-order valence-electron chi connectivity index (χ0n) is 14.5. The van der Waals surface area contributed by atoms with E-state index in [-0.39, 0.29) is 17.7 Å². The van der Waals surface area contributed by atoms with Gasteiger partial charge in [-0.05, 0) is 19.3 Å². The minimum Gasteiger partial charge on any atom is -0.382 e. The van der Waals surface area contributed by atoms with E-state index in [9.17, 15) is 4.79 Å². The maximum atomic E-state index is 10.9. The molecule has 26 heavy (non-hydrogen) atoms. The number of nitrogens with zero attached hydrogens (tertiary/aromatic N) is 4. The Labute approximate surface area is 152 Å². The normalized spacial score (nSPS) is 13.3. The molecule has 0 amide bonds. The molecule has 7 nitrogen and oxygen atoms in total. The lowest BCUT2D eigenvalue weighted by Gasteiger charge is -2.09. The maximum absolute atomic E-state index is 10.9. The van der Waals surface area contributed by atoms with Crippen LogP contribution in [0.15, 0.2) is 42.2 Å². The monoisotopic (exact) mass is 348 g/mol. The van der Waals surface area contributed by atoms with Crippen LogP contribution in [0.4, 0.5) is 11.8 Å². The van der Waals surface area contributed by atoms with Gasteiger partial charge in [-0.3, -0.25) is 4.79 Å². The number of carbonyl (C=O) groups excluding carboxylic acids is 1. The number of carbonyl (C=O) groups is 1.